The van der Waals surface area contributed by atoms with Crippen molar-refractivity contribution in [3.05, 3.63) is 18.2 Å². The van der Waals surface area contributed by atoms with Crippen LogP contribution in [0.1, 0.15) is 12.6 Å². The zero-order chi connectivity index (χ0) is 9.52. The molecule has 0 aromatic carbocycles. The highest BCUT2D eigenvalue weighted by molar-refractivity contribution is 7.99. The summed E-state index contributed by atoms with van der Waals surface area (Å²) in [6.45, 7) is 4.29. The molecule has 0 amide bonds. The van der Waals surface area contributed by atoms with Crippen molar-refractivity contribution in [3.63, 3.8) is 0 Å². The van der Waals surface area contributed by atoms with Crippen LogP contribution in [-0.4, -0.2) is 40.0 Å². The van der Waals surface area contributed by atoms with E-state index in [0.717, 1.165) is 13.1 Å². The van der Waals surface area contributed by atoms with Gasteiger partial charge >= 0.3 is 0 Å². The van der Waals surface area contributed by atoms with E-state index in [1.165, 1.54) is 17.2 Å². The molecule has 0 aliphatic rings. The zero-order valence-electron chi connectivity index (χ0n) is 8.29. The Morgan fingerprint density at radius 2 is 2.46 bits per heavy atom. The molecule has 0 spiro atoms. The Bertz CT molecular complexity index is 211. The van der Waals surface area contributed by atoms with Gasteiger partial charge in [0, 0.05) is 30.7 Å². The lowest BCUT2D eigenvalue weighted by atomic mass is 10.4. The molecule has 0 saturated heterocycles. The van der Waals surface area contributed by atoms with Crippen LogP contribution in [0.5, 0.6) is 0 Å². The fourth-order valence-electron chi connectivity index (χ4n) is 1.11. The summed E-state index contributed by atoms with van der Waals surface area (Å²) in [5, 5.41) is 0. The number of imidazole rings is 1. The Kier molecular flexibility index (Phi) is 4.93. The second-order valence-corrected chi connectivity index (χ2v) is 4.41. The summed E-state index contributed by atoms with van der Waals surface area (Å²) in [7, 11) is 2.14. The summed E-state index contributed by atoms with van der Waals surface area (Å²) in [6.07, 6.45) is 3.60. The Balaban J connectivity index is 2.14. The smallest absolute Gasteiger partial charge is 0.0922 e. The highest BCUT2D eigenvalue weighted by Crippen LogP contribution is 2.01. The highest BCUT2D eigenvalue weighted by atomic mass is 32.2. The topological polar surface area (TPSA) is 31.9 Å². The largest absolute Gasteiger partial charge is 0.347 e. The van der Waals surface area contributed by atoms with Crippen molar-refractivity contribution in [1.29, 1.82) is 0 Å². The van der Waals surface area contributed by atoms with Gasteiger partial charge in [0.15, 0.2) is 0 Å². The third kappa shape index (κ3) is 4.33. The van der Waals surface area contributed by atoms with Crippen molar-refractivity contribution in [2.45, 2.75) is 13.5 Å². The standard InChI is InChI=1S/C9H17N3S/c1-3-13-5-4-12(2)7-9-6-10-8-11-9/h6,8H,3-5,7H2,1-2H3,(H,10,11). The van der Waals surface area contributed by atoms with Crippen molar-refractivity contribution in [2.24, 2.45) is 0 Å². The van der Waals surface area contributed by atoms with Gasteiger partial charge in [0.25, 0.3) is 0 Å². The quantitative estimate of drug-likeness (QED) is 0.706. The van der Waals surface area contributed by atoms with E-state index in [2.05, 4.69) is 28.8 Å². The lowest BCUT2D eigenvalue weighted by Gasteiger charge is -2.14. The van der Waals surface area contributed by atoms with Crippen LogP contribution in [0.2, 0.25) is 0 Å². The predicted octanol–water partition coefficient (Wildman–Crippen LogP) is 1.59. The number of hydrogen-bond acceptors (Lipinski definition) is 3. The zero-order valence-corrected chi connectivity index (χ0v) is 9.10. The van der Waals surface area contributed by atoms with Gasteiger partial charge in [-0.05, 0) is 12.8 Å². The molecule has 4 heteroatoms. The molecule has 0 atom stereocenters. The van der Waals surface area contributed by atoms with Crippen molar-refractivity contribution in [3.8, 4) is 0 Å². The summed E-state index contributed by atoms with van der Waals surface area (Å²) < 4.78 is 0. The second kappa shape index (κ2) is 6.05. The molecule has 0 fully saturated rings. The summed E-state index contributed by atoms with van der Waals surface area (Å²) >= 11 is 1.98. The number of aromatic nitrogens is 2. The highest BCUT2D eigenvalue weighted by Gasteiger charge is 1.99. The molecular weight excluding hydrogens is 182 g/mol. The second-order valence-electron chi connectivity index (χ2n) is 3.01. The number of hydrogen-bond donors (Lipinski definition) is 1. The lowest BCUT2D eigenvalue weighted by molar-refractivity contribution is 0.345. The molecule has 1 aromatic rings. The fraction of sp³-hybridized carbons (Fsp3) is 0.667. The van der Waals surface area contributed by atoms with Gasteiger partial charge in [0.1, 0.15) is 0 Å². The molecule has 0 radical (unpaired) electrons. The van der Waals surface area contributed by atoms with Gasteiger partial charge < -0.3 is 4.98 Å². The number of aromatic amines is 1. The van der Waals surface area contributed by atoms with E-state index < -0.39 is 0 Å². The molecule has 74 valence electrons. The van der Waals surface area contributed by atoms with Crippen molar-refractivity contribution in [1.82, 2.24) is 14.9 Å². The Morgan fingerprint density at radius 1 is 1.62 bits per heavy atom. The summed E-state index contributed by atoms with van der Waals surface area (Å²) in [5.74, 6) is 2.42. The molecule has 13 heavy (non-hydrogen) atoms. The summed E-state index contributed by atoms with van der Waals surface area (Å²) in [4.78, 5) is 9.38. The van der Waals surface area contributed by atoms with E-state index in [9.17, 15) is 0 Å². The van der Waals surface area contributed by atoms with E-state index in [0.29, 0.717) is 0 Å². The molecule has 3 nitrogen and oxygen atoms in total. The van der Waals surface area contributed by atoms with Gasteiger partial charge in [0.2, 0.25) is 0 Å². The minimum atomic E-state index is 0.963. The third-order valence-corrected chi connectivity index (χ3v) is 2.70. The van der Waals surface area contributed by atoms with Crippen molar-refractivity contribution in [2.75, 3.05) is 25.1 Å². The molecule has 0 bridgehead atoms. The molecule has 1 heterocycles. The van der Waals surface area contributed by atoms with Crippen LogP contribution in [0, 0.1) is 0 Å². The van der Waals surface area contributed by atoms with Gasteiger partial charge in [-0.2, -0.15) is 11.8 Å². The van der Waals surface area contributed by atoms with E-state index >= 15 is 0 Å². The van der Waals surface area contributed by atoms with Crippen LogP contribution < -0.4 is 0 Å². The van der Waals surface area contributed by atoms with Crippen LogP contribution >= 0.6 is 11.8 Å². The van der Waals surface area contributed by atoms with E-state index in [-0.39, 0.29) is 0 Å². The van der Waals surface area contributed by atoms with E-state index in [1.54, 1.807) is 6.33 Å². The molecule has 0 aliphatic heterocycles. The van der Waals surface area contributed by atoms with Crippen LogP contribution in [0.4, 0.5) is 0 Å². The number of H-pyrrole nitrogens is 1. The average molecular weight is 199 g/mol. The summed E-state index contributed by atoms with van der Waals surface area (Å²) in [6, 6.07) is 0. The number of rotatable bonds is 6. The first-order valence-electron chi connectivity index (χ1n) is 4.56. The molecule has 1 aromatic heterocycles. The predicted molar refractivity (Wildman–Crippen MR) is 57.9 cm³/mol. The van der Waals surface area contributed by atoms with Crippen LogP contribution in [0.15, 0.2) is 12.5 Å². The minimum absolute atomic E-state index is 0.963. The molecular formula is C9H17N3S. The fourth-order valence-corrected chi connectivity index (χ4v) is 1.84. The van der Waals surface area contributed by atoms with Crippen molar-refractivity contribution >= 4 is 11.8 Å². The van der Waals surface area contributed by atoms with Gasteiger partial charge in [-0.25, -0.2) is 4.98 Å². The molecule has 0 aliphatic carbocycles. The van der Waals surface area contributed by atoms with Gasteiger partial charge in [-0.3, -0.25) is 4.90 Å². The lowest BCUT2D eigenvalue weighted by Crippen LogP contribution is -2.20. The van der Waals surface area contributed by atoms with Crippen LogP contribution in [-0.2, 0) is 6.54 Å². The first-order chi connectivity index (χ1) is 6.33. The van der Waals surface area contributed by atoms with Crippen LogP contribution in [0.25, 0.3) is 0 Å². The SMILES string of the molecule is CCSCCN(C)Cc1cnc[nH]1. The third-order valence-electron chi connectivity index (χ3n) is 1.82. The van der Waals surface area contributed by atoms with E-state index in [1.807, 2.05) is 18.0 Å². The van der Waals surface area contributed by atoms with Crippen molar-refractivity contribution < 1.29 is 0 Å². The van der Waals surface area contributed by atoms with Gasteiger partial charge in [-0.15, -0.1) is 0 Å². The molecule has 0 saturated carbocycles. The maximum Gasteiger partial charge on any atom is 0.0922 e. The number of thioether (sulfide) groups is 1. The minimum Gasteiger partial charge on any atom is -0.347 e. The Labute approximate surface area is 83.9 Å². The summed E-state index contributed by atoms with van der Waals surface area (Å²) in [5.41, 5.74) is 1.18. The van der Waals surface area contributed by atoms with Gasteiger partial charge in [0.05, 0.1) is 6.33 Å². The monoisotopic (exact) mass is 199 g/mol. The number of nitrogens with zero attached hydrogens (tertiary/aromatic N) is 2. The first kappa shape index (κ1) is 10.6. The molecule has 0 unspecified atom stereocenters. The Hall–Kier alpha value is -0.480. The first-order valence-corrected chi connectivity index (χ1v) is 5.72. The molecule has 1 N–H and O–H groups in total. The van der Waals surface area contributed by atoms with E-state index in [4.69, 9.17) is 0 Å². The Morgan fingerprint density at radius 3 is 3.08 bits per heavy atom. The average Bonchev–Trinajstić information content (AvgIpc) is 2.57. The van der Waals surface area contributed by atoms with Crippen LogP contribution in [0.3, 0.4) is 0 Å². The maximum atomic E-state index is 3.98. The normalized spacial score (nSPS) is 11.0. The maximum absolute atomic E-state index is 3.98. The molecule has 1 rings (SSSR count). The number of nitrogens with one attached hydrogen (secondary N) is 1. The van der Waals surface area contributed by atoms with Gasteiger partial charge in [-0.1, -0.05) is 6.92 Å².